The van der Waals surface area contributed by atoms with Crippen molar-refractivity contribution in [3.8, 4) is 0 Å². The van der Waals surface area contributed by atoms with E-state index in [1.54, 1.807) is 0 Å². The van der Waals surface area contributed by atoms with Gasteiger partial charge in [-0.2, -0.15) is 0 Å². The highest BCUT2D eigenvalue weighted by Crippen LogP contribution is 2.41. The molecule has 1 heterocycles. The Labute approximate surface area is 124 Å². The minimum atomic E-state index is -0.253. The zero-order chi connectivity index (χ0) is 13.9. The number of aryl methyl sites for hydroxylation is 1. The summed E-state index contributed by atoms with van der Waals surface area (Å²) in [6.45, 7) is 7.14. The molecule has 0 radical (unpaired) electrons. The van der Waals surface area contributed by atoms with Crippen LogP contribution in [0.25, 0.3) is 0 Å². The third-order valence-corrected chi connectivity index (χ3v) is 4.74. The second-order valence-corrected chi connectivity index (χ2v) is 6.11. The van der Waals surface area contributed by atoms with Crippen LogP contribution >= 0.6 is 15.9 Å². The molecule has 1 fully saturated rings. The minimum absolute atomic E-state index is 0.253. The highest BCUT2D eigenvalue weighted by atomic mass is 79.9. The average molecular weight is 327 g/mol. The Morgan fingerprint density at radius 2 is 2.11 bits per heavy atom. The van der Waals surface area contributed by atoms with Crippen LogP contribution in [0.5, 0.6) is 0 Å². The molecule has 1 aliphatic rings. The van der Waals surface area contributed by atoms with Crippen LogP contribution in [0.15, 0.2) is 6.20 Å². The van der Waals surface area contributed by atoms with Gasteiger partial charge >= 0.3 is 0 Å². The third-order valence-electron chi connectivity index (χ3n) is 4.14. The van der Waals surface area contributed by atoms with Gasteiger partial charge in [-0.15, -0.1) is 0 Å². The summed E-state index contributed by atoms with van der Waals surface area (Å²) in [6, 6.07) is 0. The number of alkyl halides is 1. The van der Waals surface area contributed by atoms with Gasteiger partial charge in [-0.05, 0) is 45.4 Å². The summed E-state index contributed by atoms with van der Waals surface area (Å²) in [6.07, 6.45) is 6.40. The Kier molecular flexibility index (Phi) is 4.96. The molecule has 0 saturated heterocycles. The molecule has 0 spiro atoms. The van der Waals surface area contributed by atoms with E-state index in [0.29, 0.717) is 0 Å². The standard InChI is InChI=1S/C15H23BrN2O/c1-4-19-15(7-5-11(2)6-8-15)14-17-10-13(9-16)12(3)18-14/h10-11H,4-9H2,1-3H3. The van der Waals surface area contributed by atoms with E-state index < -0.39 is 0 Å². The van der Waals surface area contributed by atoms with Crippen LogP contribution in [0.4, 0.5) is 0 Å². The van der Waals surface area contributed by atoms with Gasteiger partial charge in [0.25, 0.3) is 0 Å². The second-order valence-electron chi connectivity index (χ2n) is 5.55. The van der Waals surface area contributed by atoms with Crippen molar-refractivity contribution >= 4 is 15.9 Å². The lowest BCUT2D eigenvalue weighted by molar-refractivity contribution is -0.0838. The zero-order valence-corrected chi connectivity index (χ0v) is 13.7. The molecule has 0 unspecified atom stereocenters. The van der Waals surface area contributed by atoms with E-state index in [1.807, 2.05) is 13.1 Å². The SMILES string of the molecule is CCOC1(c2ncc(CBr)c(C)n2)CCC(C)CC1. The predicted molar refractivity (Wildman–Crippen MR) is 80.3 cm³/mol. The van der Waals surface area contributed by atoms with E-state index in [1.165, 1.54) is 12.8 Å². The first-order chi connectivity index (χ1) is 9.11. The van der Waals surface area contributed by atoms with Crippen molar-refractivity contribution in [2.45, 2.75) is 57.4 Å². The van der Waals surface area contributed by atoms with Crippen LogP contribution in [0.3, 0.4) is 0 Å². The van der Waals surface area contributed by atoms with Crippen molar-refractivity contribution in [3.63, 3.8) is 0 Å². The molecule has 1 aliphatic carbocycles. The maximum atomic E-state index is 6.10. The van der Waals surface area contributed by atoms with Gasteiger partial charge in [0.2, 0.25) is 0 Å². The first-order valence-electron chi connectivity index (χ1n) is 7.14. The van der Waals surface area contributed by atoms with Gasteiger partial charge in [0.05, 0.1) is 0 Å². The fraction of sp³-hybridized carbons (Fsp3) is 0.733. The molecule has 0 bridgehead atoms. The lowest BCUT2D eigenvalue weighted by Gasteiger charge is -2.38. The molecule has 1 aromatic rings. The van der Waals surface area contributed by atoms with Gasteiger partial charge < -0.3 is 4.74 Å². The topological polar surface area (TPSA) is 35.0 Å². The lowest BCUT2D eigenvalue weighted by atomic mass is 9.78. The second kappa shape index (κ2) is 6.31. The molecule has 1 aromatic heterocycles. The monoisotopic (exact) mass is 326 g/mol. The van der Waals surface area contributed by atoms with Gasteiger partial charge in [-0.3, -0.25) is 0 Å². The van der Waals surface area contributed by atoms with E-state index in [4.69, 9.17) is 9.72 Å². The van der Waals surface area contributed by atoms with Crippen LogP contribution in [0.1, 0.15) is 56.6 Å². The van der Waals surface area contributed by atoms with Gasteiger partial charge in [-0.1, -0.05) is 22.9 Å². The van der Waals surface area contributed by atoms with Gasteiger partial charge in [0.15, 0.2) is 5.82 Å². The van der Waals surface area contributed by atoms with Crippen molar-refractivity contribution in [2.24, 2.45) is 5.92 Å². The number of halogens is 1. The van der Waals surface area contributed by atoms with Crippen molar-refractivity contribution in [3.05, 3.63) is 23.3 Å². The van der Waals surface area contributed by atoms with Crippen LogP contribution in [0.2, 0.25) is 0 Å². The fourth-order valence-corrected chi connectivity index (χ4v) is 3.33. The van der Waals surface area contributed by atoms with Crippen LogP contribution in [0, 0.1) is 12.8 Å². The molecule has 19 heavy (non-hydrogen) atoms. The summed E-state index contributed by atoms with van der Waals surface area (Å²) in [5.74, 6) is 1.67. The van der Waals surface area contributed by atoms with E-state index in [-0.39, 0.29) is 5.60 Å². The number of hydrogen-bond donors (Lipinski definition) is 0. The predicted octanol–water partition coefficient (Wildman–Crippen LogP) is 4.12. The number of nitrogens with zero attached hydrogens (tertiary/aromatic N) is 2. The van der Waals surface area contributed by atoms with Crippen LogP contribution < -0.4 is 0 Å². The van der Waals surface area contributed by atoms with Gasteiger partial charge in [-0.25, -0.2) is 9.97 Å². The fourth-order valence-electron chi connectivity index (χ4n) is 2.78. The summed E-state index contributed by atoms with van der Waals surface area (Å²) in [5.41, 5.74) is 1.95. The maximum absolute atomic E-state index is 6.10. The Morgan fingerprint density at radius 3 is 2.63 bits per heavy atom. The Hall–Kier alpha value is -0.480. The van der Waals surface area contributed by atoms with E-state index >= 15 is 0 Å². The molecule has 4 heteroatoms. The third kappa shape index (κ3) is 3.16. The molecule has 0 aromatic carbocycles. The van der Waals surface area contributed by atoms with Crippen molar-refractivity contribution in [1.82, 2.24) is 9.97 Å². The summed E-state index contributed by atoms with van der Waals surface area (Å²) >= 11 is 3.47. The summed E-state index contributed by atoms with van der Waals surface area (Å²) in [7, 11) is 0. The minimum Gasteiger partial charge on any atom is -0.367 e. The number of rotatable bonds is 4. The van der Waals surface area contributed by atoms with Gasteiger partial charge in [0.1, 0.15) is 5.60 Å². The van der Waals surface area contributed by atoms with Crippen molar-refractivity contribution < 1.29 is 4.74 Å². The summed E-state index contributed by atoms with van der Waals surface area (Å²) < 4.78 is 6.10. The molecule has 0 aliphatic heterocycles. The molecule has 0 N–H and O–H groups in total. The van der Waals surface area contributed by atoms with E-state index in [0.717, 1.165) is 47.8 Å². The highest BCUT2D eigenvalue weighted by molar-refractivity contribution is 9.08. The van der Waals surface area contributed by atoms with Crippen molar-refractivity contribution in [1.29, 1.82) is 0 Å². The first-order valence-corrected chi connectivity index (χ1v) is 8.26. The molecule has 1 saturated carbocycles. The largest absolute Gasteiger partial charge is 0.367 e. The summed E-state index contributed by atoms with van der Waals surface area (Å²) in [4.78, 5) is 9.30. The van der Waals surface area contributed by atoms with Crippen LogP contribution in [-0.4, -0.2) is 16.6 Å². The Balaban J connectivity index is 2.31. The molecular weight excluding hydrogens is 304 g/mol. The molecule has 106 valence electrons. The normalized spacial score (nSPS) is 27.5. The maximum Gasteiger partial charge on any atom is 0.160 e. The zero-order valence-electron chi connectivity index (χ0n) is 12.1. The first kappa shape index (κ1) is 14.9. The average Bonchev–Trinajstić information content (AvgIpc) is 2.42. The number of hydrogen-bond acceptors (Lipinski definition) is 3. The molecule has 0 amide bonds. The summed E-state index contributed by atoms with van der Waals surface area (Å²) in [5, 5.41) is 0.803. The smallest absolute Gasteiger partial charge is 0.160 e. The number of ether oxygens (including phenoxy) is 1. The lowest BCUT2D eigenvalue weighted by Crippen LogP contribution is -2.36. The molecular formula is C15H23BrN2O. The van der Waals surface area contributed by atoms with Crippen molar-refractivity contribution in [2.75, 3.05) is 6.61 Å². The quantitative estimate of drug-likeness (QED) is 0.780. The van der Waals surface area contributed by atoms with Crippen LogP contribution in [-0.2, 0) is 15.7 Å². The Morgan fingerprint density at radius 1 is 1.42 bits per heavy atom. The van der Waals surface area contributed by atoms with Gasteiger partial charge in [0, 0.05) is 29.4 Å². The molecule has 3 nitrogen and oxygen atoms in total. The van der Waals surface area contributed by atoms with E-state index in [9.17, 15) is 0 Å². The van der Waals surface area contributed by atoms with E-state index in [2.05, 4.69) is 34.8 Å². The number of aromatic nitrogens is 2. The molecule has 0 atom stereocenters. The highest BCUT2D eigenvalue weighted by Gasteiger charge is 2.39. The molecule has 2 rings (SSSR count). The Bertz CT molecular complexity index is 428.